The molecule has 2 N–H and O–H groups in total. The van der Waals surface area contributed by atoms with E-state index in [1.54, 1.807) is 31.3 Å². The van der Waals surface area contributed by atoms with Crippen LogP contribution in [-0.4, -0.2) is 23.7 Å². The van der Waals surface area contributed by atoms with E-state index in [0.29, 0.717) is 0 Å². The molecule has 22 heavy (non-hydrogen) atoms. The van der Waals surface area contributed by atoms with Crippen LogP contribution in [0.3, 0.4) is 0 Å². The quantitative estimate of drug-likeness (QED) is 0.858. The fourth-order valence-corrected chi connectivity index (χ4v) is 2.44. The summed E-state index contributed by atoms with van der Waals surface area (Å²) in [6.07, 6.45) is 1.35. The molecule has 1 heterocycles. The lowest BCUT2D eigenvalue weighted by molar-refractivity contribution is 0.200. The highest BCUT2D eigenvalue weighted by molar-refractivity contribution is 7.09. The largest absolute Gasteiger partial charge is 0.486 e. The fourth-order valence-electron chi connectivity index (χ4n) is 1.79. The monoisotopic (exact) mass is 323 g/mol. The summed E-state index contributed by atoms with van der Waals surface area (Å²) in [5.41, 5.74) is 0. The van der Waals surface area contributed by atoms with E-state index in [1.165, 1.54) is 17.4 Å². The number of rotatable bonds is 6. The van der Waals surface area contributed by atoms with Crippen LogP contribution in [0.5, 0.6) is 5.75 Å². The van der Waals surface area contributed by atoms with Crippen LogP contribution in [-0.2, 0) is 0 Å². The van der Waals surface area contributed by atoms with Crippen molar-refractivity contribution < 1.29 is 13.9 Å². The lowest BCUT2D eigenvalue weighted by atomic mass is 10.3. The van der Waals surface area contributed by atoms with Gasteiger partial charge in [-0.25, -0.2) is 14.2 Å². The van der Waals surface area contributed by atoms with Crippen molar-refractivity contribution in [3.63, 3.8) is 0 Å². The minimum absolute atomic E-state index is 0.164. The van der Waals surface area contributed by atoms with Gasteiger partial charge in [0.1, 0.15) is 11.1 Å². The van der Waals surface area contributed by atoms with Crippen LogP contribution in [0.2, 0.25) is 0 Å². The van der Waals surface area contributed by atoms with Crippen molar-refractivity contribution in [3.05, 3.63) is 46.7 Å². The van der Waals surface area contributed by atoms with Gasteiger partial charge in [-0.2, -0.15) is 0 Å². The summed E-state index contributed by atoms with van der Waals surface area (Å²) in [5.74, 6) is -0.246. The van der Waals surface area contributed by atoms with Gasteiger partial charge in [0.05, 0.1) is 12.6 Å². The van der Waals surface area contributed by atoms with E-state index in [2.05, 4.69) is 15.6 Å². The Morgan fingerprint density at radius 1 is 1.41 bits per heavy atom. The molecule has 0 saturated heterocycles. The molecule has 0 radical (unpaired) electrons. The summed E-state index contributed by atoms with van der Waals surface area (Å²) < 4.78 is 18.9. The van der Waals surface area contributed by atoms with Crippen molar-refractivity contribution in [2.24, 2.45) is 0 Å². The van der Waals surface area contributed by atoms with Gasteiger partial charge < -0.3 is 15.4 Å². The van der Waals surface area contributed by atoms with Gasteiger partial charge >= 0.3 is 6.03 Å². The number of halogens is 1. The highest BCUT2D eigenvalue weighted by Crippen LogP contribution is 2.17. The van der Waals surface area contributed by atoms with Crippen molar-refractivity contribution in [1.29, 1.82) is 0 Å². The third-order valence-electron chi connectivity index (χ3n) is 2.88. The molecule has 2 atom stereocenters. The number of nitrogens with one attached hydrogen (secondary N) is 2. The number of thiazole rings is 1. The van der Waals surface area contributed by atoms with Gasteiger partial charge in [0.2, 0.25) is 0 Å². The number of nitrogens with zero attached hydrogens (tertiary/aromatic N) is 1. The number of hydrogen-bond acceptors (Lipinski definition) is 4. The third kappa shape index (κ3) is 4.70. The van der Waals surface area contributed by atoms with E-state index in [4.69, 9.17) is 4.74 Å². The summed E-state index contributed by atoms with van der Waals surface area (Å²) in [7, 11) is 0. The molecule has 118 valence electrons. The van der Waals surface area contributed by atoms with Gasteiger partial charge in [0, 0.05) is 11.6 Å². The molecular formula is C15H18FN3O2S. The van der Waals surface area contributed by atoms with Crippen molar-refractivity contribution in [1.82, 2.24) is 15.6 Å². The van der Waals surface area contributed by atoms with Crippen molar-refractivity contribution in [2.45, 2.75) is 26.0 Å². The SMILES string of the molecule is C[C@H](CNC(=O)N[C@@H](C)c1nccs1)Oc1ccccc1F. The molecule has 0 aliphatic rings. The van der Waals surface area contributed by atoms with E-state index in [1.807, 2.05) is 12.3 Å². The highest BCUT2D eigenvalue weighted by Gasteiger charge is 2.13. The van der Waals surface area contributed by atoms with Gasteiger partial charge in [0.25, 0.3) is 0 Å². The smallest absolute Gasteiger partial charge is 0.315 e. The fraction of sp³-hybridized carbons (Fsp3) is 0.333. The van der Waals surface area contributed by atoms with Gasteiger partial charge in [-0.05, 0) is 26.0 Å². The Balaban J connectivity index is 1.75. The molecule has 2 aromatic rings. The molecule has 1 aromatic carbocycles. The topological polar surface area (TPSA) is 63.2 Å². The van der Waals surface area contributed by atoms with Gasteiger partial charge in [-0.15, -0.1) is 11.3 Å². The number of ether oxygens (including phenoxy) is 1. The van der Waals surface area contributed by atoms with Crippen LogP contribution < -0.4 is 15.4 Å². The van der Waals surface area contributed by atoms with Crippen LogP contribution in [0.15, 0.2) is 35.8 Å². The molecule has 5 nitrogen and oxygen atoms in total. The highest BCUT2D eigenvalue weighted by atomic mass is 32.1. The molecule has 0 fully saturated rings. The molecule has 1 aromatic heterocycles. The van der Waals surface area contributed by atoms with Crippen LogP contribution in [0, 0.1) is 5.82 Å². The average Bonchev–Trinajstić information content (AvgIpc) is 3.02. The molecule has 0 unspecified atom stereocenters. The summed E-state index contributed by atoms with van der Waals surface area (Å²) >= 11 is 1.48. The van der Waals surface area contributed by atoms with E-state index < -0.39 is 5.82 Å². The summed E-state index contributed by atoms with van der Waals surface area (Å²) in [4.78, 5) is 15.9. The zero-order valence-corrected chi connectivity index (χ0v) is 13.2. The number of amides is 2. The molecule has 2 amide bonds. The summed E-state index contributed by atoms with van der Waals surface area (Å²) in [6.45, 7) is 3.89. The first kappa shape index (κ1) is 16.2. The second kappa shape index (κ2) is 7.74. The Labute approximate surface area is 132 Å². The Kier molecular flexibility index (Phi) is 5.71. The number of aromatic nitrogens is 1. The minimum Gasteiger partial charge on any atom is -0.486 e. The molecule has 0 saturated carbocycles. The number of carbonyl (C=O) groups excluding carboxylic acids is 1. The van der Waals surface area contributed by atoms with Gasteiger partial charge in [-0.1, -0.05) is 12.1 Å². The molecule has 0 aliphatic carbocycles. The number of urea groups is 1. The average molecular weight is 323 g/mol. The van der Waals surface area contributed by atoms with E-state index >= 15 is 0 Å². The zero-order chi connectivity index (χ0) is 15.9. The molecule has 2 rings (SSSR count). The predicted molar refractivity (Wildman–Crippen MR) is 83.6 cm³/mol. The number of hydrogen-bond donors (Lipinski definition) is 2. The first-order chi connectivity index (χ1) is 10.6. The number of benzene rings is 1. The van der Waals surface area contributed by atoms with E-state index in [9.17, 15) is 9.18 Å². The van der Waals surface area contributed by atoms with Gasteiger partial charge in [0.15, 0.2) is 11.6 Å². The van der Waals surface area contributed by atoms with Crippen LogP contribution in [0.1, 0.15) is 24.9 Å². The lowest BCUT2D eigenvalue weighted by Gasteiger charge is -2.17. The maximum Gasteiger partial charge on any atom is 0.315 e. The van der Waals surface area contributed by atoms with E-state index in [0.717, 1.165) is 5.01 Å². The van der Waals surface area contributed by atoms with Crippen molar-refractivity contribution in [3.8, 4) is 5.75 Å². The number of para-hydroxylation sites is 1. The Hall–Kier alpha value is -2.15. The Bertz CT molecular complexity index is 607. The standard InChI is InChI=1S/C15H18FN3O2S/c1-10(21-13-6-4-3-5-12(13)16)9-18-15(20)19-11(2)14-17-7-8-22-14/h3-8,10-11H,9H2,1-2H3,(H2,18,19,20)/t10-,11+/m1/s1. The molecule has 0 bridgehead atoms. The lowest BCUT2D eigenvalue weighted by Crippen LogP contribution is -2.41. The summed E-state index contributed by atoms with van der Waals surface area (Å²) in [5, 5.41) is 8.17. The van der Waals surface area contributed by atoms with Gasteiger partial charge in [-0.3, -0.25) is 0 Å². The summed E-state index contributed by atoms with van der Waals surface area (Å²) in [6, 6.07) is 5.70. The second-order valence-corrected chi connectivity index (χ2v) is 5.73. The van der Waals surface area contributed by atoms with Crippen LogP contribution in [0.4, 0.5) is 9.18 Å². The Morgan fingerprint density at radius 3 is 2.86 bits per heavy atom. The minimum atomic E-state index is -0.420. The second-order valence-electron chi connectivity index (χ2n) is 4.81. The maximum atomic E-state index is 13.4. The molecule has 0 aliphatic heterocycles. The van der Waals surface area contributed by atoms with Crippen molar-refractivity contribution in [2.75, 3.05) is 6.54 Å². The van der Waals surface area contributed by atoms with Crippen LogP contribution >= 0.6 is 11.3 Å². The predicted octanol–water partition coefficient (Wildman–Crippen LogP) is 3.11. The zero-order valence-electron chi connectivity index (χ0n) is 12.4. The third-order valence-corrected chi connectivity index (χ3v) is 3.84. The van der Waals surface area contributed by atoms with Crippen LogP contribution in [0.25, 0.3) is 0 Å². The number of carbonyl (C=O) groups is 1. The normalized spacial score (nSPS) is 13.2. The maximum absolute atomic E-state index is 13.4. The van der Waals surface area contributed by atoms with Crippen molar-refractivity contribution >= 4 is 17.4 Å². The molecular weight excluding hydrogens is 305 g/mol. The first-order valence-corrected chi connectivity index (χ1v) is 7.79. The van der Waals surface area contributed by atoms with E-state index in [-0.39, 0.29) is 30.5 Å². The Morgan fingerprint density at radius 2 is 2.18 bits per heavy atom. The first-order valence-electron chi connectivity index (χ1n) is 6.91. The molecule has 0 spiro atoms. The molecule has 7 heteroatoms.